The molecule has 3 aliphatic rings. The van der Waals surface area contributed by atoms with E-state index in [9.17, 15) is 9.90 Å². The monoisotopic (exact) mass is 489 g/mol. The Kier molecular flexibility index (Phi) is 5.79. The molecule has 2 aromatic heterocycles. The fourth-order valence-electron chi connectivity index (χ4n) is 6.31. The van der Waals surface area contributed by atoms with E-state index in [4.69, 9.17) is 0 Å². The smallest absolute Gasteiger partial charge is 0.257 e. The zero-order valence-corrected chi connectivity index (χ0v) is 20.6. The number of likely N-dealkylation sites (tertiary alicyclic amines) is 1. The molecule has 1 aromatic carbocycles. The maximum atomic E-state index is 16.0. The van der Waals surface area contributed by atoms with Crippen LogP contribution in [0.3, 0.4) is 0 Å². The number of nitrogens with one attached hydrogen (secondary N) is 1. The number of benzene rings is 1. The van der Waals surface area contributed by atoms with E-state index in [-0.39, 0.29) is 29.0 Å². The molecule has 0 radical (unpaired) electrons. The van der Waals surface area contributed by atoms with Crippen LogP contribution >= 0.6 is 0 Å². The van der Waals surface area contributed by atoms with Crippen molar-refractivity contribution in [3.05, 3.63) is 65.4 Å². The Balaban J connectivity index is 1.33. The summed E-state index contributed by atoms with van der Waals surface area (Å²) in [5, 5.41) is 17.7. The molecular weight excluding hydrogens is 457 g/mol. The number of fused-ring (bicyclic) bond motifs is 2. The van der Waals surface area contributed by atoms with Crippen LogP contribution in [0.1, 0.15) is 72.5 Å². The molecule has 0 bridgehead atoms. The van der Waals surface area contributed by atoms with Crippen LogP contribution in [0.5, 0.6) is 0 Å². The third-order valence-corrected chi connectivity index (χ3v) is 8.38. The van der Waals surface area contributed by atoms with Gasteiger partial charge in [-0.25, -0.2) is 9.37 Å². The number of aliphatic hydroxyl groups is 1. The molecule has 1 atom stereocenters. The summed E-state index contributed by atoms with van der Waals surface area (Å²) in [5.41, 5.74) is 3.17. The van der Waals surface area contributed by atoms with Crippen molar-refractivity contribution in [2.24, 2.45) is 7.05 Å². The Morgan fingerprint density at radius 2 is 2.03 bits per heavy atom. The van der Waals surface area contributed by atoms with E-state index in [1.807, 2.05) is 19.3 Å². The van der Waals surface area contributed by atoms with Crippen LogP contribution in [0.15, 0.2) is 42.9 Å². The molecule has 8 heteroatoms. The number of hydrogen-bond acceptors (Lipinski definition) is 5. The number of piperidine rings is 1. The third-order valence-electron chi connectivity index (χ3n) is 8.38. The standard InChI is InChI=1S/C28H32FN5O2/c1-33-16-19(15-32-33)24-7-2-3-12-34(24)27(36)22-6-4-5-21(25(22)29)18-13-23-26(30-14-18)31-17-28(23)10-8-20(35)9-11-28/h4-6,13-16,20,24,35H,2-3,7-12,17H2,1H3,(H,30,31)/t20-,24?,28-. The molecule has 1 spiro atoms. The average molecular weight is 490 g/mol. The maximum absolute atomic E-state index is 16.0. The molecule has 1 unspecified atom stereocenters. The van der Waals surface area contributed by atoms with Gasteiger partial charge in [0.15, 0.2) is 0 Å². The van der Waals surface area contributed by atoms with Crippen molar-refractivity contribution in [2.75, 3.05) is 18.4 Å². The second kappa shape index (κ2) is 9.00. The van der Waals surface area contributed by atoms with Gasteiger partial charge in [0.05, 0.1) is 23.9 Å². The zero-order chi connectivity index (χ0) is 24.9. The highest BCUT2D eigenvalue weighted by molar-refractivity contribution is 5.96. The minimum absolute atomic E-state index is 0.0772. The van der Waals surface area contributed by atoms with Gasteiger partial charge in [0.1, 0.15) is 11.6 Å². The van der Waals surface area contributed by atoms with Gasteiger partial charge in [-0.1, -0.05) is 12.1 Å². The van der Waals surface area contributed by atoms with Crippen molar-refractivity contribution in [3.63, 3.8) is 0 Å². The lowest BCUT2D eigenvalue weighted by atomic mass is 9.70. The van der Waals surface area contributed by atoms with Crippen molar-refractivity contribution < 1.29 is 14.3 Å². The molecule has 2 fully saturated rings. The number of hydrogen-bond donors (Lipinski definition) is 2. The summed E-state index contributed by atoms with van der Waals surface area (Å²) in [4.78, 5) is 20.1. The molecule has 3 aromatic rings. The number of aromatic nitrogens is 3. The summed E-state index contributed by atoms with van der Waals surface area (Å²) in [5.74, 6) is 0.0608. The summed E-state index contributed by atoms with van der Waals surface area (Å²) < 4.78 is 17.7. The van der Waals surface area contributed by atoms with Crippen LogP contribution in [-0.2, 0) is 12.5 Å². The van der Waals surface area contributed by atoms with Crippen LogP contribution in [-0.4, -0.2) is 49.9 Å². The Morgan fingerprint density at radius 3 is 2.81 bits per heavy atom. The molecule has 2 N–H and O–H groups in total. The van der Waals surface area contributed by atoms with E-state index in [0.717, 1.165) is 68.4 Å². The van der Waals surface area contributed by atoms with Gasteiger partial charge < -0.3 is 15.3 Å². The fourth-order valence-corrected chi connectivity index (χ4v) is 6.31. The predicted molar refractivity (Wildman–Crippen MR) is 135 cm³/mol. The summed E-state index contributed by atoms with van der Waals surface area (Å²) in [7, 11) is 1.86. The number of anilines is 1. The van der Waals surface area contributed by atoms with E-state index < -0.39 is 5.82 Å². The van der Waals surface area contributed by atoms with E-state index in [2.05, 4.69) is 15.4 Å². The molecule has 4 heterocycles. The van der Waals surface area contributed by atoms with Crippen LogP contribution in [0.4, 0.5) is 10.2 Å². The first-order chi connectivity index (χ1) is 17.4. The van der Waals surface area contributed by atoms with Crippen LogP contribution in [0, 0.1) is 5.82 Å². The first-order valence-electron chi connectivity index (χ1n) is 13.0. The molecule has 7 nitrogen and oxygen atoms in total. The number of rotatable bonds is 3. The first kappa shape index (κ1) is 23.2. The molecule has 1 amide bonds. The van der Waals surface area contributed by atoms with Crippen molar-refractivity contribution in [3.8, 4) is 11.1 Å². The Morgan fingerprint density at radius 1 is 1.19 bits per heavy atom. The number of carbonyl (C=O) groups is 1. The Bertz CT molecular complexity index is 1300. The number of aryl methyl sites for hydroxylation is 1. The quantitative estimate of drug-likeness (QED) is 0.563. The van der Waals surface area contributed by atoms with Gasteiger partial charge in [-0.2, -0.15) is 5.10 Å². The maximum Gasteiger partial charge on any atom is 0.257 e. The van der Waals surface area contributed by atoms with Crippen molar-refractivity contribution in [1.29, 1.82) is 0 Å². The van der Waals surface area contributed by atoms with Gasteiger partial charge in [-0.05, 0) is 57.1 Å². The van der Waals surface area contributed by atoms with Gasteiger partial charge in [0.2, 0.25) is 0 Å². The molecule has 6 rings (SSSR count). The van der Waals surface area contributed by atoms with E-state index in [1.165, 1.54) is 0 Å². The highest BCUT2D eigenvalue weighted by Gasteiger charge is 2.42. The van der Waals surface area contributed by atoms with Crippen molar-refractivity contribution >= 4 is 11.7 Å². The second-order valence-electron chi connectivity index (χ2n) is 10.6. The predicted octanol–water partition coefficient (Wildman–Crippen LogP) is 4.59. The number of carbonyl (C=O) groups excluding carboxylic acids is 1. The van der Waals surface area contributed by atoms with Crippen LogP contribution < -0.4 is 5.32 Å². The Hall–Kier alpha value is -3.26. The molecular formula is C28H32FN5O2. The lowest BCUT2D eigenvalue weighted by Gasteiger charge is -2.35. The van der Waals surface area contributed by atoms with Gasteiger partial charge in [0, 0.05) is 60.2 Å². The van der Waals surface area contributed by atoms with Crippen molar-refractivity contribution in [1.82, 2.24) is 19.7 Å². The lowest BCUT2D eigenvalue weighted by Crippen LogP contribution is -2.38. The van der Waals surface area contributed by atoms with Gasteiger partial charge in [0.25, 0.3) is 5.91 Å². The van der Waals surface area contributed by atoms with E-state index in [0.29, 0.717) is 17.7 Å². The molecule has 1 saturated heterocycles. The minimum atomic E-state index is -0.501. The van der Waals surface area contributed by atoms with Crippen LogP contribution in [0.2, 0.25) is 0 Å². The largest absolute Gasteiger partial charge is 0.393 e. The average Bonchev–Trinajstić information content (AvgIpc) is 3.49. The molecule has 1 saturated carbocycles. The number of aliphatic hydroxyl groups excluding tert-OH is 1. The highest BCUT2D eigenvalue weighted by Crippen LogP contribution is 2.47. The molecule has 2 aliphatic heterocycles. The number of pyridine rings is 1. The van der Waals surface area contributed by atoms with Gasteiger partial charge in [-0.15, -0.1) is 0 Å². The number of amides is 1. The summed E-state index contributed by atoms with van der Waals surface area (Å²) in [6.07, 6.45) is 11.2. The van der Waals surface area contributed by atoms with Crippen LogP contribution in [0.25, 0.3) is 11.1 Å². The Labute approximate surface area is 210 Å². The first-order valence-corrected chi connectivity index (χ1v) is 13.0. The van der Waals surface area contributed by atoms with E-state index >= 15 is 4.39 Å². The summed E-state index contributed by atoms with van der Waals surface area (Å²) >= 11 is 0. The molecule has 36 heavy (non-hydrogen) atoms. The SMILES string of the molecule is Cn1cc(C2CCCCN2C(=O)c2cccc(-c3cnc4c(c3)[C@]3(CC[C@H](O)CC3)CN4)c2F)cn1. The fraction of sp³-hybridized carbons (Fsp3) is 0.464. The van der Waals surface area contributed by atoms with E-state index in [1.54, 1.807) is 40.2 Å². The topological polar surface area (TPSA) is 83.3 Å². The third kappa shape index (κ3) is 3.88. The number of nitrogens with zero attached hydrogens (tertiary/aromatic N) is 4. The van der Waals surface area contributed by atoms with Gasteiger partial charge in [-0.3, -0.25) is 9.48 Å². The zero-order valence-electron chi connectivity index (χ0n) is 20.6. The highest BCUT2D eigenvalue weighted by atomic mass is 19.1. The van der Waals surface area contributed by atoms with Crippen molar-refractivity contribution in [2.45, 2.75) is 62.5 Å². The van der Waals surface area contributed by atoms with Gasteiger partial charge >= 0.3 is 0 Å². The minimum Gasteiger partial charge on any atom is -0.393 e. The summed E-state index contributed by atoms with van der Waals surface area (Å²) in [6.45, 7) is 1.39. The lowest BCUT2D eigenvalue weighted by molar-refractivity contribution is 0.0606. The normalized spacial score (nSPS) is 25.6. The number of halogens is 1. The molecule has 188 valence electrons. The second-order valence-corrected chi connectivity index (χ2v) is 10.6. The molecule has 1 aliphatic carbocycles. The summed E-state index contributed by atoms with van der Waals surface area (Å²) in [6, 6.07) is 7.00.